The second kappa shape index (κ2) is 13.4. The van der Waals surface area contributed by atoms with Crippen LogP contribution in [-0.2, 0) is 0 Å². The minimum Gasteiger partial charge on any atom is -0.455 e. The molecule has 10 aromatic rings. The van der Waals surface area contributed by atoms with Crippen molar-refractivity contribution >= 4 is 110 Å². The summed E-state index contributed by atoms with van der Waals surface area (Å²) in [6, 6.07) is 57.3. The largest absolute Gasteiger partial charge is 0.455 e. The Hall–Kier alpha value is -6.38. The highest BCUT2D eigenvalue weighted by atomic mass is 16.3. The smallest absolute Gasteiger partial charge is 0.143 e. The highest BCUT2D eigenvalue weighted by Gasteiger charge is 2.22. The Bertz CT molecular complexity index is 3100. The van der Waals surface area contributed by atoms with E-state index < -0.39 is 0 Å². The van der Waals surface area contributed by atoms with Crippen LogP contribution in [0.5, 0.6) is 0 Å². The molecular weight excluding hydrogens is 671 g/mol. The van der Waals surface area contributed by atoms with Crippen LogP contribution < -0.4 is 27.3 Å². The van der Waals surface area contributed by atoms with Crippen LogP contribution in [0.3, 0.4) is 0 Å². The van der Waals surface area contributed by atoms with E-state index in [4.69, 9.17) is 43.6 Å². The number of hydrogen-bond acceptors (Lipinski definition) is 1. The number of hydrogen-bond donors (Lipinski definition) is 0. The van der Waals surface area contributed by atoms with Gasteiger partial charge >= 0.3 is 0 Å². The number of fused-ring (bicyclic) bond motifs is 5. The Balaban J connectivity index is 1.25. The van der Waals surface area contributed by atoms with E-state index in [2.05, 4.69) is 140 Å². The van der Waals surface area contributed by atoms with Crippen LogP contribution in [0, 0.1) is 0 Å². The number of benzene rings is 9. The molecule has 9 aromatic carbocycles. The molecule has 6 heteroatoms. The Morgan fingerprint density at radius 1 is 0.286 bits per heavy atom. The zero-order valence-electron chi connectivity index (χ0n) is 30.4. The molecular formula is C50H27B5O. The lowest BCUT2D eigenvalue weighted by Gasteiger charge is -2.25. The van der Waals surface area contributed by atoms with Gasteiger partial charge < -0.3 is 4.42 Å². The highest BCUT2D eigenvalue weighted by molar-refractivity contribution is 6.69. The molecule has 0 unspecified atom stereocenters. The van der Waals surface area contributed by atoms with Crippen LogP contribution in [0.1, 0.15) is 0 Å². The average Bonchev–Trinajstić information content (AvgIpc) is 3.63. The van der Waals surface area contributed by atoms with Crippen LogP contribution in [0.15, 0.2) is 168 Å². The van der Waals surface area contributed by atoms with Crippen molar-refractivity contribution in [3.05, 3.63) is 164 Å². The van der Waals surface area contributed by atoms with Gasteiger partial charge in [-0.25, -0.2) is 0 Å². The van der Waals surface area contributed by atoms with E-state index in [0.717, 1.165) is 82.4 Å². The summed E-state index contributed by atoms with van der Waals surface area (Å²) in [6.07, 6.45) is 0. The first-order chi connectivity index (χ1) is 27.4. The lowest BCUT2D eigenvalue weighted by Crippen LogP contribution is -2.55. The van der Waals surface area contributed by atoms with Gasteiger partial charge in [-0.05, 0) is 102 Å². The minimum absolute atomic E-state index is 0.192. The summed E-state index contributed by atoms with van der Waals surface area (Å²) in [5, 5.41) is 6.07. The molecule has 1 heterocycles. The number of rotatable bonds is 5. The summed E-state index contributed by atoms with van der Waals surface area (Å²) in [7, 11) is 32.5. The van der Waals surface area contributed by atoms with Gasteiger partial charge in [0.25, 0.3) is 0 Å². The second-order valence-electron chi connectivity index (χ2n) is 14.3. The summed E-state index contributed by atoms with van der Waals surface area (Å²) in [5.41, 5.74) is 13.2. The van der Waals surface area contributed by atoms with Crippen LogP contribution in [0.2, 0.25) is 0 Å². The maximum atomic E-state index is 6.76. The van der Waals surface area contributed by atoms with Gasteiger partial charge in [0.05, 0.1) is 0 Å². The second-order valence-corrected chi connectivity index (χ2v) is 14.3. The van der Waals surface area contributed by atoms with E-state index in [0.29, 0.717) is 16.5 Å². The summed E-state index contributed by atoms with van der Waals surface area (Å²) in [5.74, 6) is 0. The quantitative estimate of drug-likeness (QED) is 0.131. The summed E-state index contributed by atoms with van der Waals surface area (Å²) in [6.45, 7) is 0. The van der Waals surface area contributed by atoms with E-state index in [-0.39, 0.29) is 16.4 Å². The summed E-state index contributed by atoms with van der Waals surface area (Å²) in [4.78, 5) is 0. The molecule has 1 aromatic heterocycles. The fourth-order valence-electron chi connectivity index (χ4n) is 8.37. The van der Waals surface area contributed by atoms with Crippen molar-refractivity contribution < 1.29 is 4.42 Å². The van der Waals surface area contributed by atoms with Crippen LogP contribution in [0.4, 0.5) is 0 Å². The average molecular weight is 698 g/mol. The molecule has 0 N–H and O–H groups in total. The molecule has 0 spiro atoms. The van der Waals surface area contributed by atoms with Gasteiger partial charge in [0.1, 0.15) is 50.4 Å². The molecule has 0 saturated heterocycles. The zero-order valence-corrected chi connectivity index (χ0v) is 30.4. The third kappa shape index (κ3) is 5.39. The summed E-state index contributed by atoms with van der Waals surface area (Å²) < 4.78 is 6.76. The SMILES string of the molecule is [B]c1c([B])c([B])c(-c2c3ccccc3c(-c3ccc4oc5c(-c6ccccc6)cc(-c6cccc(-c7ccccc7)c6)cc5c4c3)c3ccccc23)c([B])c1[B]. The van der Waals surface area contributed by atoms with Crippen molar-refractivity contribution in [3.63, 3.8) is 0 Å². The summed E-state index contributed by atoms with van der Waals surface area (Å²) >= 11 is 0. The highest BCUT2D eigenvalue weighted by Crippen LogP contribution is 2.45. The van der Waals surface area contributed by atoms with Crippen LogP contribution in [0.25, 0.3) is 99.1 Å². The molecule has 0 saturated carbocycles. The number of furan rings is 1. The lowest BCUT2D eigenvalue weighted by molar-refractivity contribution is 0.670. The van der Waals surface area contributed by atoms with Gasteiger partial charge in [-0.2, -0.15) is 0 Å². The Morgan fingerprint density at radius 3 is 1.38 bits per heavy atom. The molecule has 248 valence electrons. The Morgan fingerprint density at radius 2 is 0.768 bits per heavy atom. The van der Waals surface area contributed by atoms with Gasteiger partial charge in [-0.15, -0.1) is 16.4 Å². The maximum absolute atomic E-state index is 6.76. The van der Waals surface area contributed by atoms with E-state index in [1.54, 1.807) is 0 Å². The van der Waals surface area contributed by atoms with Crippen molar-refractivity contribution in [3.8, 4) is 55.6 Å². The lowest BCUT2D eigenvalue weighted by atomic mass is 9.59. The molecule has 0 amide bonds. The normalized spacial score (nSPS) is 11.6. The van der Waals surface area contributed by atoms with Gasteiger partial charge in [-0.3, -0.25) is 0 Å². The van der Waals surface area contributed by atoms with Crippen molar-refractivity contribution in [2.24, 2.45) is 0 Å². The molecule has 0 atom stereocenters. The molecule has 10 rings (SSSR count). The van der Waals surface area contributed by atoms with Crippen molar-refractivity contribution in [1.82, 2.24) is 0 Å². The van der Waals surface area contributed by atoms with E-state index in [1.165, 1.54) is 11.1 Å². The molecule has 0 bridgehead atoms. The van der Waals surface area contributed by atoms with Gasteiger partial charge in [0.15, 0.2) is 0 Å². The van der Waals surface area contributed by atoms with Crippen molar-refractivity contribution in [2.75, 3.05) is 0 Å². The first-order valence-corrected chi connectivity index (χ1v) is 18.5. The standard InChI is InChI=1S/C50H27B5O/c51-45-44(46(52)48(54)49(55)47(45)53)43-36-20-9-7-18-34(36)42(35-19-8-10-21-37(35)43)32-22-23-41-39(25-32)40-27-33(26-38(50(40)56-41)29-14-5-2-6-15-29)31-17-11-16-30(24-31)28-12-3-1-4-13-28/h1-27H. The van der Waals surface area contributed by atoms with E-state index >= 15 is 0 Å². The predicted molar refractivity (Wildman–Crippen MR) is 243 cm³/mol. The van der Waals surface area contributed by atoms with E-state index in [1.807, 2.05) is 24.3 Å². The molecule has 1 nitrogen and oxygen atoms in total. The van der Waals surface area contributed by atoms with E-state index in [9.17, 15) is 0 Å². The third-order valence-electron chi connectivity index (χ3n) is 11.1. The molecule has 0 aliphatic heterocycles. The van der Waals surface area contributed by atoms with Crippen LogP contribution in [-0.4, -0.2) is 39.2 Å². The first-order valence-electron chi connectivity index (χ1n) is 18.5. The van der Waals surface area contributed by atoms with Crippen molar-refractivity contribution in [1.29, 1.82) is 0 Å². The molecule has 56 heavy (non-hydrogen) atoms. The molecule has 10 radical (unpaired) electrons. The first kappa shape index (κ1) is 34.1. The van der Waals surface area contributed by atoms with Gasteiger partial charge in [0.2, 0.25) is 0 Å². The Labute approximate surface area is 332 Å². The third-order valence-corrected chi connectivity index (χ3v) is 11.1. The fraction of sp³-hybridized carbons (Fsp3) is 0. The fourth-order valence-corrected chi connectivity index (χ4v) is 8.37. The van der Waals surface area contributed by atoms with Gasteiger partial charge in [0, 0.05) is 16.3 Å². The monoisotopic (exact) mass is 698 g/mol. The maximum Gasteiger partial charge on any atom is 0.143 e. The Kier molecular flexibility index (Phi) is 8.19. The van der Waals surface area contributed by atoms with Crippen LogP contribution >= 0.6 is 0 Å². The predicted octanol–water partition coefficient (Wildman–Crippen LogP) is 8.20. The van der Waals surface area contributed by atoms with Crippen molar-refractivity contribution in [2.45, 2.75) is 0 Å². The minimum atomic E-state index is 0.192. The molecule has 0 aliphatic carbocycles. The molecule has 0 fully saturated rings. The topological polar surface area (TPSA) is 13.1 Å². The molecule has 0 aliphatic rings. The van der Waals surface area contributed by atoms with Gasteiger partial charge in [-0.1, -0.05) is 144 Å². The zero-order chi connectivity index (χ0) is 38.1.